The highest BCUT2D eigenvalue weighted by Crippen LogP contribution is 2.27. The van der Waals surface area contributed by atoms with Gasteiger partial charge in [-0.1, -0.05) is 23.7 Å². The molecule has 0 radical (unpaired) electrons. The van der Waals surface area contributed by atoms with E-state index in [0.29, 0.717) is 33.6 Å². The Kier molecular flexibility index (Phi) is 4.52. The first-order valence-electron chi connectivity index (χ1n) is 8.74. The fourth-order valence-corrected chi connectivity index (χ4v) is 3.31. The molecule has 0 aliphatic carbocycles. The third-order valence-corrected chi connectivity index (χ3v) is 4.81. The molecule has 2 N–H and O–H groups in total. The van der Waals surface area contributed by atoms with Crippen LogP contribution in [0.3, 0.4) is 0 Å². The van der Waals surface area contributed by atoms with E-state index >= 15 is 0 Å². The van der Waals surface area contributed by atoms with Crippen LogP contribution in [0.15, 0.2) is 51.7 Å². The van der Waals surface area contributed by atoms with Gasteiger partial charge in [-0.15, -0.1) is 0 Å². The van der Waals surface area contributed by atoms with Crippen LogP contribution in [0, 0.1) is 6.92 Å². The Morgan fingerprint density at radius 3 is 2.79 bits per heavy atom. The zero-order valence-corrected chi connectivity index (χ0v) is 16.0. The number of furan rings is 1. The zero-order chi connectivity index (χ0) is 19.8. The van der Waals surface area contributed by atoms with E-state index in [0.717, 1.165) is 5.39 Å². The van der Waals surface area contributed by atoms with Crippen molar-refractivity contribution in [3.05, 3.63) is 69.2 Å². The third-order valence-electron chi connectivity index (χ3n) is 4.57. The quantitative estimate of drug-likeness (QED) is 0.511. The van der Waals surface area contributed by atoms with Gasteiger partial charge in [-0.25, -0.2) is 4.98 Å². The number of benzene rings is 2. The van der Waals surface area contributed by atoms with Gasteiger partial charge in [-0.05, 0) is 44.2 Å². The van der Waals surface area contributed by atoms with E-state index in [1.54, 1.807) is 49.4 Å². The number of amides is 1. The highest BCUT2D eigenvalue weighted by atomic mass is 35.5. The maximum atomic E-state index is 12.6. The first kappa shape index (κ1) is 18.1. The Labute approximate surface area is 164 Å². The van der Waals surface area contributed by atoms with Gasteiger partial charge >= 0.3 is 5.91 Å². The summed E-state index contributed by atoms with van der Waals surface area (Å²) in [4.78, 5) is 29.7. The summed E-state index contributed by atoms with van der Waals surface area (Å²) in [5.74, 6) is -0.0674. The van der Waals surface area contributed by atoms with Gasteiger partial charge in [0, 0.05) is 22.5 Å². The van der Waals surface area contributed by atoms with Crippen LogP contribution in [0.4, 0.5) is 5.95 Å². The minimum atomic E-state index is -0.477. The average molecular weight is 397 g/mol. The lowest BCUT2D eigenvalue weighted by atomic mass is 10.1. The molecule has 8 heteroatoms. The average Bonchev–Trinajstić information content (AvgIpc) is 3.02. The van der Waals surface area contributed by atoms with Gasteiger partial charge in [-0.2, -0.15) is 0 Å². The van der Waals surface area contributed by atoms with E-state index in [4.69, 9.17) is 16.0 Å². The maximum Gasteiger partial charge on any atom is 0.305 e. The molecular formula is C20H17ClN4O3. The minimum Gasteiger partial charge on any atom is -0.451 e. The Bertz CT molecular complexity index is 1280. The Morgan fingerprint density at radius 1 is 1.21 bits per heavy atom. The van der Waals surface area contributed by atoms with Gasteiger partial charge in [0.25, 0.3) is 5.56 Å². The Morgan fingerprint density at radius 2 is 2.00 bits per heavy atom. The highest BCUT2D eigenvalue weighted by Gasteiger charge is 2.18. The van der Waals surface area contributed by atoms with Crippen LogP contribution in [-0.4, -0.2) is 15.5 Å². The molecule has 4 aromatic rings. The van der Waals surface area contributed by atoms with E-state index < -0.39 is 5.91 Å². The molecule has 4 rings (SSSR count). The summed E-state index contributed by atoms with van der Waals surface area (Å²) < 4.78 is 7.11. The number of nitrogens with zero attached hydrogens (tertiary/aromatic N) is 2. The summed E-state index contributed by atoms with van der Waals surface area (Å²) in [7, 11) is 0. The number of hydrogen-bond acceptors (Lipinski definition) is 5. The van der Waals surface area contributed by atoms with Gasteiger partial charge in [0.05, 0.1) is 10.9 Å². The molecule has 0 saturated heterocycles. The van der Waals surface area contributed by atoms with E-state index in [2.05, 4.69) is 15.8 Å². The standard InChI is InChI=1S/C20H17ClN4O3/c1-3-25-19(27)13-6-4-5-7-15(13)22-20(25)24-23-18(26)17-11(2)14-10-12(21)8-9-16(14)28-17/h4-10H,3H2,1-2H3,(H,22,24)(H,23,26). The number of aryl methyl sites for hydroxylation is 1. The smallest absolute Gasteiger partial charge is 0.305 e. The van der Waals surface area contributed by atoms with Crippen LogP contribution in [0.5, 0.6) is 0 Å². The largest absolute Gasteiger partial charge is 0.451 e. The molecule has 0 fully saturated rings. The van der Waals surface area contributed by atoms with Gasteiger partial charge in [0.1, 0.15) is 5.58 Å². The van der Waals surface area contributed by atoms with Crippen LogP contribution in [0.2, 0.25) is 5.02 Å². The summed E-state index contributed by atoms with van der Waals surface area (Å²) in [6, 6.07) is 12.2. The monoisotopic (exact) mass is 396 g/mol. The fraction of sp³-hybridized carbons (Fsp3) is 0.150. The molecule has 0 saturated carbocycles. The van der Waals surface area contributed by atoms with Crippen molar-refractivity contribution in [3.8, 4) is 0 Å². The number of rotatable bonds is 4. The number of carbonyl (C=O) groups is 1. The first-order valence-corrected chi connectivity index (χ1v) is 9.12. The minimum absolute atomic E-state index is 0.163. The molecule has 1 amide bonds. The number of halogens is 1. The number of hydrogen-bond donors (Lipinski definition) is 2. The third kappa shape index (κ3) is 2.99. The number of aromatic nitrogens is 2. The number of fused-ring (bicyclic) bond motifs is 2. The summed E-state index contributed by atoms with van der Waals surface area (Å²) in [5.41, 5.74) is 6.92. The molecule has 2 aromatic carbocycles. The molecule has 7 nitrogen and oxygen atoms in total. The predicted molar refractivity (Wildman–Crippen MR) is 109 cm³/mol. The number of nitrogens with one attached hydrogen (secondary N) is 2. The molecule has 28 heavy (non-hydrogen) atoms. The van der Waals surface area contributed by atoms with Crippen molar-refractivity contribution in [1.82, 2.24) is 15.0 Å². The fourth-order valence-electron chi connectivity index (χ4n) is 3.14. The lowest BCUT2D eigenvalue weighted by molar-refractivity contribution is 0.0936. The van der Waals surface area contributed by atoms with Crippen molar-refractivity contribution in [2.24, 2.45) is 0 Å². The zero-order valence-electron chi connectivity index (χ0n) is 15.2. The van der Waals surface area contributed by atoms with Crippen molar-refractivity contribution in [2.45, 2.75) is 20.4 Å². The molecule has 0 unspecified atom stereocenters. The summed E-state index contributed by atoms with van der Waals surface area (Å²) >= 11 is 6.02. The second kappa shape index (κ2) is 7.01. The number of carbonyl (C=O) groups excluding carboxylic acids is 1. The SMILES string of the molecule is CCn1c(NNC(=O)c2oc3ccc(Cl)cc3c2C)nc2ccccc2c1=O. The molecule has 142 valence electrons. The maximum absolute atomic E-state index is 12.6. The number of anilines is 1. The van der Waals surface area contributed by atoms with Crippen LogP contribution in [0.25, 0.3) is 21.9 Å². The van der Waals surface area contributed by atoms with Gasteiger partial charge in [0.2, 0.25) is 5.95 Å². The van der Waals surface area contributed by atoms with Gasteiger partial charge in [0.15, 0.2) is 5.76 Å². The molecular weight excluding hydrogens is 380 g/mol. The summed E-state index contributed by atoms with van der Waals surface area (Å²) in [6.07, 6.45) is 0. The summed E-state index contributed by atoms with van der Waals surface area (Å²) in [6.45, 7) is 4.02. The van der Waals surface area contributed by atoms with E-state index in [1.165, 1.54) is 4.57 Å². The molecule has 0 aliphatic rings. The topological polar surface area (TPSA) is 89.2 Å². The molecule has 2 heterocycles. The van der Waals surface area contributed by atoms with Crippen molar-refractivity contribution >= 4 is 45.3 Å². The van der Waals surface area contributed by atoms with E-state index in [-0.39, 0.29) is 17.3 Å². The second-order valence-corrected chi connectivity index (χ2v) is 6.71. The summed E-state index contributed by atoms with van der Waals surface area (Å²) in [5, 5.41) is 1.85. The van der Waals surface area contributed by atoms with Crippen LogP contribution in [-0.2, 0) is 6.54 Å². The molecule has 0 aliphatic heterocycles. The normalized spacial score (nSPS) is 11.1. The lowest BCUT2D eigenvalue weighted by Crippen LogP contribution is -2.34. The predicted octanol–water partition coefficient (Wildman–Crippen LogP) is 3.88. The van der Waals surface area contributed by atoms with Crippen LogP contribution >= 0.6 is 11.6 Å². The number of hydrazine groups is 1. The second-order valence-electron chi connectivity index (χ2n) is 6.28. The molecule has 0 spiro atoms. The van der Waals surface area contributed by atoms with Crippen molar-refractivity contribution in [3.63, 3.8) is 0 Å². The van der Waals surface area contributed by atoms with Crippen molar-refractivity contribution in [1.29, 1.82) is 0 Å². The Balaban J connectivity index is 1.65. The Hall–Kier alpha value is -3.32. The van der Waals surface area contributed by atoms with Crippen molar-refractivity contribution in [2.75, 3.05) is 5.43 Å². The van der Waals surface area contributed by atoms with Gasteiger partial charge < -0.3 is 4.42 Å². The highest BCUT2D eigenvalue weighted by molar-refractivity contribution is 6.31. The molecule has 2 aromatic heterocycles. The van der Waals surface area contributed by atoms with E-state index in [9.17, 15) is 9.59 Å². The molecule has 0 atom stereocenters. The van der Waals surface area contributed by atoms with E-state index in [1.807, 2.05) is 6.92 Å². The number of para-hydroxylation sites is 1. The van der Waals surface area contributed by atoms with Gasteiger partial charge in [-0.3, -0.25) is 25.0 Å². The van der Waals surface area contributed by atoms with Crippen LogP contribution in [0.1, 0.15) is 23.0 Å². The molecule has 0 bridgehead atoms. The van der Waals surface area contributed by atoms with Crippen LogP contribution < -0.4 is 16.4 Å². The lowest BCUT2D eigenvalue weighted by Gasteiger charge is -2.13. The van der Waals surface area contributed by atoms with Crippen molar-refractivity contribution < 1.29 is 9.21 Å². The first-order chi connectivity index (χ1) is 13.5.